The van der Waals surface area contributed by atoms with Gasteiger partial charge in [0.15, 0.2) is 0 Å². The molecule has 0 aliphatic carbocycles. The van der Waals surface area contributed by atoms with Crippen LogP contribution in [0.2, 0.25) is 4.34 Å². The van der Waals surface area contributed by atoms with Crippen LogP contribution < -0.4 is 0 Å². The smallest absolute Gasteiger partial charge is 0.311 e. The highest BCUT2D eigenvalue weighted by atomic mass is 35.5. The Balaban J connectivity index is 2.30. The van der Waals surface area contributed by atoms with Crippen LogP contribution in [0.1, 0.15) is 21.9 Å². The predicted octanol–water partition coefficient (Wildman–Crippen LogP) is 4.12. The van der Waals surface area contributed by atoms with E-state index in [2.05, 4.69) is 0 Å². The number of carboxylic acid groups (broad SMARTS) is 1. The van der Waals surface area contributed by atoms with E-state index in [1.54, 1.807) is 6.07 Å². The van der Waals surface area contributed by atoms with Gasteiger partial charge in [0, 0.05) is 4.88 Å². The summed E-state index contributed by atoms with van der Waals surface area (Å²) in [4.78, 5) is 12.4. The van der Waals surface area contributed by atoms with Gasteiger partial charge in [-0.05, 0) is 36.6 Å². The minimum Gasteiger partial charge on any atom is -0.481 e. The third-order valence-corrected chi connectivity index (χ3v) is 4.15. The molecule has 0 aliphatic rings. The van der Waals surface area contributed by atoms with Crippen molar-refractivity contribution >= 4 is 28.9 Å². The topological polar surface area (TPSA) is 37.3 Å². The standard InChI is InChI=1S/C14H13ClO2S/c1-9-4-2-3-5-11(9)12(14(16)17)8-10-6-7-13(15)18-10/h2-7,12H,8H2,1H3,(H,16,17). The molecule has 18 heavy (non-hydrogen) atoms. The molecule has 4 heteroatoms. The maximum Gasteiger partial charge on any atom is 0.311 e. The van der Waals surface area contributed by atoms with Crippen LogP contribution in [0.3, 0.4) is 0 Å². The molecule has 2 nitrogen and oxygen atoms in total. The maximum atomic E-state index is 11.4. The van der Waals surface area contributed by atoms with Gasteiger partial charge in [0.1, 0.15) is 0 Å². The Hall–Kier alpha value is -1.32. The van der Waals surface area contributed by atoms with E-state index < -0.39 is 11.9 Å². The summed E-state index contributed by atoms with van der Waals surface area (Å²) < 4.78 is 0.693. The normalized spacial score (nSPS) is 12.3. The highest BCUT2D eigenvalue weighted by Gasteiger charge is 2.22. The molecule has 1 atom stereocenters. The van der Waals surface area contributed by atoms with Gasteiger partial charge in [0.05, 0.1) is 10.3 Å². The number of hydrogen-bond donors (Lipinski definition) is 1. The predicted molar refractivity (Wildman–Crippen MR) is 74.6 cm³/mol. The number of rotatable bonds is 4. The lowest BCUT2D eigenvalue weighted by atomic mass is 9.91. The van der Waals surface area contributed by atoms with Gasteiger partial charge >= 0.3 is 5.97 Å². The number of thiophene rings is 1. The minimum atomic E-state index is -0.797. The molecule has 0 amide bonds. The van der Waals surface area contributed by atoms with E-state index in [4.69, 9.17) is 11.6 Å². The zero-order chi connectivity index (χ0) is 13.1. The van der Waals surface area contributed by atoms with E-state index in [1.807, 2.05) is 37.3 Å². The first kappa shape index (κ1) is 13.1. The Morgan fingerprint density at radius 3 is 2.61 bits per heavy atom. The average molecular weight is 281 g/mol. The summed E-state index contributed by atoms with van der Waals surface area (Å²) in [7, 11) is 0. The molecule has 0 radical (unpaired) electrons. The number of halogens is 1. The molecule has 0 saturated heterocycles. The second-order valence-electron chi connectivity index (χ2n) is 4.16. The molecule has 1 unspecified atom stereocenters. The van der Waals surface area contributed by atoms with Crippen molar-refractivity contribution in [2.24, 2.45) is 0 Å². The molecule has 0 fully saturated rings. The molecule has 0 aliphatic heterocycles. The summed E-state index contributed by atoms with van der Waals surface area (Å²) >= 11 is 7.31. The summed E-state index contributed by atoms with van der Waals surface area (Å²) in [6.07, 6.45) is 0.484. The molecule has 1 N–H and O–H groups in total. The average Bonchev–Trinajstić information content (AvgIpc) is 2.73. The van der Waals surface area contributed by atoms with Crippen molar-refractivity contribution in [3.8, 4) is 0 Å². The summed E-state index contributed by atoms with van der Waals surface area (Å²) in [5.41, 5.74) is 1.88. The van der Waals surface area contributed by atoms with Gasteiger partial charge in [-0.3, -0.25) is 4.79 Å². The van der Waals surface area contributed by atoms with Gasteiger partial charge in [0.25, 0.3) is 0 Å². The number of aliphatic carboxylic acids is 1. The molecule has 1 aromatic carbocycles. The fraction of sp³-hybridized carbons (Fsp3) is 0.214. The lowest BCUT2D eigenvalue weighted by Gasteiger charge is -2.14. The van der Waals surface area contributed by atoms with Gasteiger partial charge < -0.3 is 5.11 Å². The van der Waals surface area contributed by atoms with Gasteiger partial charge in [-0.15, -0.1) is 11.3 Å². The molecule has 0 saturated carbocycles. The van der Waals surface area contributed by atoms with Crippen molar-refractivity contribution in [3.05, 3.63) is 56.7 Å². The molecule has 0 spiro atoms. The van der Waals surface area contributed by atoms with Gasteiger partial charge in [0.2, 0.25) is 0 Å². The first-order valence-electron chi connectivity index (χ1n) is 5.60. The monoisotopic (exact) mass is 280 g/mol. The molecule has 2 rings (SSSR count). The van der Waals surface area contributed by atoms with Gasteiger partial charge in [-0.2, -0.15) is 0 Å². The van der Waals surface area contributed by atoms with Crippen LogP contribution in [0.4, 0.5) is 0 Å². The summed E-state index contributed by atoms with van der Waals surface area (Å²) in [6, 6.07) is 11.3. The first-order valence-corrected chi connectivity index (χ1v) is 6.80. The van der Waals surface area contributed by atoms with E-state index in [1.165, 1.54) is 11.3 Å². The largest absolute Gasteiger partial charge is 0.481 e. The van der Waals surface area contributed by atoms with Crippen molar-refractivity contribution in [2.75, 3.05) is 0 Å². The Morgan fingerprint density at radius 2 is 2.06 bits per heavy atom. The Bertz CT molecular complexity index is 562. The number of benzene rings is 1. The molecule has 1 heterocycles. The zero-order valence-electron chi connectivity index (χ0n) is 9.89. The van der Waals surface area contributed by atoms with Gasteiger partial charge in [-0.25, -0.2) is 0 Å². The summed E-state index contributed by atoms with van der Waals surface area (Å²) in [6.45, 7) is 1.94. The van der Waals surface area contributed by atoms with Crippen molar-refractivity contribution in [1.29, 1.82) is 0 Å². The summed E-state index contributed by atoms with van der Waals surface area (Å²) in [5.74, 6) is -1.31. The van der Waals surface area contributed by atoms with Crippen LogP contribution in [0.15, 0.2) is 36.4 Å². The van der Waals surface area contributed by atoms with Crippen LogP contribution >= 0.6 is 22.9 Å². The highest BCUT2D eigenvalue weighted by Crippen LogP contribution is 2.29. The Morgan fingerprint density at radius 1 is 1.33 bits per heavy atom. The third-order valence-electron chi connectivity index (χ3n) is 2.90. The van der Waals surface area contributed by atoms with Crippen molar-refractivity contribution < 1.29 is 9.90 Å². The fourth-order valence-electron chi connectivity index (χ4n) is 1.97. The summed E-state index contributed by atoms with van der Waals surface area (Å²) in [5, 5.41) is 9.39. The van der Waals surface area contributed by atoms with Crippen molar-refractivity contribution in [3.63, 3.8) is 0 Å². The van der Waals surface area contributed by atoms with Crippen molar-refractivity contribution in [2.45, 2.75) is 19.3 Å². The lowest BCUT2D eigenvalue weighted by molar-refractivity contribution is -0.138. The highest BCUT2D eigenvalue weighted by molar-refractivity contribution is 7.16. The maximum absolute atomic E-state index is 11.4. The first-order chi connectivity index (χ1) is 8.58. The zero-order valence-corrected chi connectivity index (χ0v) is 11.5. The van der Waals surface area contributed by atoms with E-state index in [0.717, 1.165) is 16.0 Å². The van der Waals surface area contributed by atoms with E-state index in [0.29, 0.717) is 10.8 Å². The SMILES string of the molecule is Cc1ccccc1C(Cc1ccc(Cl)s1)C(=O)O. The number of aryl methyl sites for hydroxylation is 1. The third kappa shape index (κ3) is 2.92. The Labute approximate surface area is 115 Å². The molecule has 0 bridgehead atoms. The Kier molecular flexibility index (Phi) is 4.04. The molecular formula is C14H13ClO2S. The second kappa shape index (κ2) is 5.55. The molecule has 1 aromatic heterocycles. The van der Waals surface area contributed by atoms with Crippen LogP contribution in [0.5, 0.6) is 0 Å². The van der Waals surface area contributed by atoms with Crippen molar-refractivity contribution in [1.82, 2.24) is 0 Å². The van der Waals surface area contributed by atoms with Crippen LogP contribution in [0.25, 0.3) is 0 Å². The molecule has 2 aromatic rings. The minimum absolute atomic E-state index is 0.484. The second-order valence-corrected chi connectivity index (χ2v) is 5.96. The lowest BCUT2D eigenvalue weighted by Crippen LogP contribution is -2.15. The fourth-order valence-corrected chi connectivity index (χ4v) is 3.10. The van der Waals surface area contributed by atoms with Gasteiger partial charge in [-0.1, -0.05) is 35.9 Å². The van der Waals surface area contributed by atoms with Crippen LogP contribution in [-0.4, -0.2) is 11.1 Å². The van der Waals surface area contributed by atoms with E-state index in [-0.39, 0.29) is 0 Å². The number of hydrogen-bond acceptors (Lipinski definition) is 2. The van der Waals surface area contributed by atoms with Crippen LogP contribution in [0, 0.1) is 6.92 Å². The van der Waals surface area contributed by atoms with Crippen LogP contribution in [-0.2, 0) is 11.2 Å². The molecular weight excluding hydrogens is 268 g/mol. The van der Waals surface area contributed by atoms with E-state index >= 15 is 0 Å². The number of carboxylic acids is 1. The van der Waals surface area contributed by atoms with E-state index in [9.17, 15) is 9.90 Å². The quantitative estimate of drug-likeness (QED) is 0.915. The number of carbonyl (C=O) groups is 1. The molecule has 94 valence electrons.